The normalized spacial score (nSPS) is 17.0. The van der Waals surface area contributed by atoms with E-state index in [9.17, 15) is 0 Å². The van der Waals surface area contributed by atoms with Crippen molar-refractivity contribution in [2.75, 3.05) is 32.1 Å². The molecule has 0 amide bonds. The second-order valence-corrected chi connectivity index (χ2v) is 6.79. The predicted octanol–water partition coefficient (Wildman–Crippen LogP) is 4.52. The highest BCUT2D eigenvalue weighted by Crippen LogP contribution is 2.29. The van der Waals surface area contributed by atoms with E-state index in [2.05, 4.69) is 78.5 Å². The van der Waals surface area contributed by atoms with Crippen LogP contribution in [0, 0.1) is 0 Å². The fraction of sp³-hybridized carbons (Fsp3) is 0.429. The van der Waals surface area contributed by atoms with Gasteiger partial charge in [-0.1, -0.05) is 48.9 Å². The van der Waals surface area contributed by atoms with Gasteiger partial charge in [0.15, 0.2) is 0 Å². The first-order valence-corrected chi connectivity index (χ1v) is 8.79. The molecule has 1 fully saturated rings. The third-order valence-corrected chi connectivity index (χ3v) is 4.90. The number of anilines is 1. The van der Waals surface area contributed by atoms with Gasteiger partial charge in [-0.2, -0.15) is 0 Å². The maximum Gasteiger partial charge on any atom is 0.0388 e. The highest BCUT2D eigenvalue weighted by atomic mass is 15.2. The summed E-state index contributed by atoms with van der Waals surface area (Å²) in [6.07, 6.45) is 5.15. The molecule has 0 radical (unpaired) electrons. The Labute approximate surface area is 140 Å². The molecular formula is C21H28N2. The molecule has 1 aliphatic heterocycles. The van der Waals surface area contributed by atoms with Gasteiger partial charge in [-0.15, -0.1) is 0 Å². The standard InChI is InChI=1S/C21H28N2/c1-22(2)20-13-11-19(12-14-20)21(23-15-7-4-8-16-23)17-18-9-5-3-6-10-18/h3,5-6,9-14,21H,4,7-8,15-17H2,1-2H3/t21-/m1/s1. The van der Waals surface area contributed by atoms with Gasteiger partial charge in [0.1, 0.15) is 0 Å². The van der Waals surface area contributed by atoms with Crippen LogP contribution in [0.15, 0.2) is 54.6 Å². The fourth-order valence-electron chi connectivity index (χ4n) is 3.52. The van der Waals surface area contributed by atoms with Crippen LogP contribution in [0.1, 0.15) is 36.4 Å². The average molecular weight is 308 g/mol. The predicted molar refractivity (Wildman–Crippen MR) is 99.1 cm³/mol. The van der Waals surface area contributed by atoms with Crippen molar-refractivity contribution in [2.45, 2.75) is 31.7 Å². The molecule has 0 spiro atoms. The van der Waals surface area contributed by atoms with Gasteiger partial charge in [0.25, 0.3) is 0 Å². The van der Waals surface area contributed by atoms with Crippen molar-refractivity contribution in [1.29, 1.82) is 0 Å². The molecule has 2 nitrogen and oxygen atoms in total. The number of rotatable bonds is 5. The third kappa shape index (κ3) is 4.14. The number of piperidine rings is 1. The molecule has 1 heterocycles. The van der Waals surface area contributed by atoms with Crippen molar-refractivity contribution < 1.29 is 0 Å². The van der Waals surface area contributed by atoms with Crippen LogP contribution in [-0.4, -0.2) is 32.1 Å². The van der Waals surface area contributed by atoms with E-state index in [0.717, 1.165) is 6.42 Å². The van der Waals surface area contributed by atoms with Crippen molar-refractivity contribution in [3.8, 4) is 0 Å². The molecule has 2 heteroatoms. The summed E-state index contributed by atoms with van der Waals surface area (Å²) in [6, 6.07) is 20.5. The second kappa shape index (κ2) is 7.65. The Balaban J connectivity index is 1.84. The van der Waals surface area contributed by atoms with E-state index in [1.165, 1.54) is 49.2 Å². The van der Waals surface area contributed by atoms with Crippen molar-refractivity contribution in [1.82, 2.24) is 4.90 Å². The molecule has 0 aliphatic carbocycles. The first-order chi connectivity index (χ1) is 11.2. The summed E-state index contributed by atoms with van der Waals surface area (Å²) in [7, 11) is 4.20. The summed E-state index contributed by atoms with van der Waals surface area (Å²) in [5.41, 5.74) is 4.15. The number of benzene rings is 2. The van der Waals surface area contributed by atoms with E-state index < -0.39 is 0 Å². The summed E-state index contributed by atoms with van der Waals surface area (Å²) < 4.78 is 0. The van der Waals surface area contributed by atoms with Crippen LogP contribution < -0.4 is 4.90 Å². The largest absolute Gasteiger partial charge is 0.378 e. The second-order valence-electron chi connectivity index (χ2n) is 6.79. The van der Waals surface area contributed by atoms with Crippen molar-refractivity contribution in [3.63, 3.8) is 0 Å². The summed E-state index contributed by atoms with van der Waals surface area (Å²) in [5.74, 6) is 0. The highest BCUT2D eigenvalue weighted by Gasteiger charge is 2.22. The molecule has 0 bridgehead atoms. The zero-order valence-electron chi connectivity index (χ0n) is 14.4. The lowest BCUT2D eigenvalue weighted by Gasteiger charge is -2.35. The first-order valence-electron chi connectivity index (χ1n) is 8.79. The monoisotopic (exact) mass is 308 g/mol. The topological polar surface area (TPSA) is 6.48 Å². The van der Waals surface area contributed by atoms with Crippen LogP contribution >= 0.6 is 0 Å². The smallest absolute Gasteiger partial charge is 0.0388 e. The van der Waals surface area contributed by atoms with Crippen LogP contribution in [0.5, 0.6) is 0 Å². The van der Waals surface area contributed by atoms with Crippen LogP contribution in [0.25, 0.3) is 0 Å². The molecule has 3 rings (SSSR count). The highest BCUT2D eigenvalue weighted by molar-refractivity contribution is 5.46. The minimum Gasteiger partial charge on any atom is -0.378 e. The Bertz CT molecular complexity index is 583. The lowest BCUT2D eigenvalue weighted by atomic mass is 9.95. The van der Waals surface area contributed by atoms with E-state index in [1.807, 2.05) is 0 Å². The third-order valence-electron chi connectivity index (χ3n) is 4.90. The Morgan fingerprint density at radius 3 is 2.13 bits per heavy atom. The molecule has 2 aromatic rings. The lowest BCUT2D eigenvalue weighted by Crippen LogP contribution is -2.34. The van der Waals surface area contributed by atoms with Gasteiger partial charge in [0.2, 0.25) is 0 Å². The number of nitrogens with zero attached hydrogens (tertiary/aromatic N) is 2. The molecule has 0 saturated carbocycles. The number of hydrogen-bond acceptors (Lipinski definition) is 2. The van der Waals surface area contributed by atoms with E-state index in [0.29, 0.717) is 6.04 Å². The summed E-state index contributed by atoms with van der Waals surface area (Å²) in [5, 5.41) is 0. The maximum absolute atomic E-state index is 2.68. The van der Waals surface area contributed by atoms with Crippen molar-refractivity contribution in [3.05, 3.63) is 65.7 Å². The van der Waals surface area contributed by atoms with Gasteiger partial charge in [-0.25, -0.2) is 0 Å². The number of hydrogen-bond donors (Lipinski definition) is 0. The Kier molecular flexibility index (Phi) is 5.35. The summed E-state index contributed by atoms with van der Waals surface area (Å²) >= 11 is 0. The molecule has 1 atom stereocenters. The Hall–Kier alpha value is -1.80. The van der Waals surface area contributed by atoms with Gasteiger partial charge in [-0.3, -0.25) is 4.90 Å². The molecule has 0 N–H and O–H groups in total. The number of likely N-dealkylation sites (tertiary alicyclic amines) is 1. The van der Waals surface area contributed by atoms with Crippen molar-refractivity contribution >= 4 is 5.69 Å². The van der Waals surface area contributed by atoms with E-state index >= 15 is 0 Å². The molecule has 1 aliphatic rings. The Morgan fingerprint density at radius 1 is 0.870 bits per heavy atom. The molecule has 0 unspecified atom stereocenters. The minimum atomic E-state index is 0.494. The first kappa shape index (κ1) is 16.1. The molecule has 0 aromatic heterocycles. The van der Waals surface area contributed by atoms with Crippen LogP contribution in [0.4, 0.5) is 5.69 Å². The lowest BCUT2D eigenvalue weighted by molar-refractivity contribution is 0.162. The van der Waals surface area contributed by atoms with Crippen LogP contribution in [0.3, 0.4) is 0 Å². The fourth-order valence-corrected chi connectivity index (χ4v) is 3.52. The maximum atomic E-state index is 2.68. The molecule has 2 aromatic carbocycles. The van der Waals surface area contributed by atoms with Crippen LogP contribution in [-0.2, 0) is 6.42 Å². The zero-order valence-corrected chi connectivity index (χ0v) is 14.4. The summed E-state index contributed by atoms with van der Waals surface area (Å²) in [6.45, 7) is 2.46. The average Bonchev–Trinajstić information content (AvgIpc) is 2.61. The SMILES string of the molecule is CN(C)c1ccc([C@@H](Cc2ccccc2)N2CCCCC2)cc1. The van der Waals surface area contributed by atoms with Gasteiger partial charge >= 0.3 is 0 Å². The van der Waals surface area contributed by atoms with E-state index in [-0.39, 0.29) is 0 Å². The van der Waals surface area contributed by atoms with Gasteiger partial charge < -0.3 is 4.90 Å². The zero-order chi connectivity index (χ0) is 16.1. The van der Waals surface area contributed by atoms with Gasteiger partial charge in [-0.05, 0) is 55.6 Å². The van der Waals surface area contributed by atoms with Crippen LogP contribution in [0.2, 0.25) is 0 Å². The summed E-state index contributed by atoms with van der Waals surface area (Å²) in [4.78, 5) is 4.85. The van der Waals surface area contributed by atoms with Gasteiger partial charge in [0, 0.05) is 25.8 Å². The molecule has 122 valence electrons. The molecular weight excluding hydrogens is 280 g/mol. The van der Waals surface area contributed by atoms with E-state index in [1.54, 1.807) is 0 Å². The van der Waals surface area contributed by atoms with Crippen molar-refractivity contribution in [2.24, 2.45) is 0 Å². The van der Waals surface area contributed by atoms with E-state index in [4.69, 9.17) is 0 Å². The minimum absolute atomic E-state index is 0.494. The quantitative estimate of drug-likeness (QED) is 0.801. The van der Waals surface area contributed by atoms with Gasteiger partial charge in [0.05, 0.1) is 0 Å². The Morgan fingerprint density at radius 2 is 1.52 bits per heavy atom. The molecule has 1 saturated heterocycles. The molecule has 23 heavy (non-hydrogen) atoms.